The van der Waals surface area contributed by atoms with Gasteiger partial charge in [-0.3, -0.25) is 9.69 Å². The van der Waals surface area contributed by atoms with Gasteiger partial charge in [0.1, 0.15) is 12.3 Å². The molecule has 1 saturated heterocycles. The number of aromatic nitrogens is 1. The van der Waals surface area contributed by atoms with Crippen molar-refractivity contribution in [1.29, 1.82) is 0 Å². The molecule has 1 aromatic heterocycles. The molecular weight excluding hydrogens is 434 g/mol. The second-order valence-electron chi connectivity index (χ2n) is 9.01. The summed E-state index contributed by atoms with van der Waals surface area (Å²) < 4.78 is 2.13. The molecule has 5 nitrogen and oxygen atoms in total. The molecule has 0 radical (unpaired) electrons. The maximum Gasteiger partial charge on any atom is 0.256 e. The fourth-order valence-electron chi connectivity index (χ4n) is 4.97. The van der Waals surface area contributed by atoms with E-state index in [1.807, 2.05) is 91.9 Å². The quantitative estimate of drug-likeness (QED) is 0.379. The normalized spacial score (nSPS) is 16.3. The first kappa shape index (κ1) is 22.8. The van der Waals surface area contributed by atoms with Crippen molar-refractivity contribution >= 4 is 12.2 Å². The van der Waals surface area contributed by atoms with Crippen LogP contribution in [0.3, 0.4) is 0 Å². The first-order chi connectivity index (χ1) is 17.2. The summed E-state index contributed by atoms with van der Waals surface area (Å²) in [5.41, 5.74) is 5.64. The van der Waals surface area contributed by atoms with E-state index >= 15 is 0 Å². The zero-order valence-electron chi connectivity index (χ0n) is 19.9. The summed E-state index contributed by atoms with van der Waals surface area (Å²) in [4.78, 5) is 30.1. The molecular formula is C30H29N3O2. The van der Waals surface area contributed by atoms with Crippen LogP contribution in [0.4, 0.5) is 0 Å². The van der Waals surface area contributed by atoms with Crippen molar-refractivity contribution in [3.8, 4) is 16.9 Å². The molecule has 176 valence electrons. The molecule has 1 amide bonds. The smallest absolute Gasteiger partial charge is 0.256 e. The molecule has 1 unspecified atom stereocenters. The Kier molecular flexibility index (Phi) is 6.59. The van der Waals surface area contributed by atoms with Gasteiger partial charge < -0.3 is 14.3 Å². The molecule has 3 aromatic carbocycles. The summed E-state index contributed by atoms with van der Waals surface area (Å²) in [5.74, 6) is -0.0990. The highest BCUT2D eigenvalue weighted by Gasteiger charge is 2.33. The second-order valence-corrected chi connectivity index (χ2v) is 9.01. The van der Waals surface area contributed by atoms with E-state index in [9.17, 15) is 9.59 Å². The summed E-state index contributed by atoms with van der Waals surface area (Å²) in [6.07, 6.45) is 0.915. The molecule has 1 aliphatic heterocycles. The highest BCUT2D eigenvalue weighted by atomic mass is 16.2. The number of para-hydroxylation sites is 1. The lowest BCUT2D eigenvalue weighted by Gasteiger charge is -2.39. The number of rotatable bonds is 6. The van der Waals surface area contributed by atoms with Crippen molar-refractivity contribution in [2.45, 2.75) is 19.5 Å². The molecule has 0 saturated carbocycles. The minimum absolute atomic E-state index is 0.0990. The molecule has 0 bridgehead atoms. The fraction of sp³-hybridized carbons (Fsp3) is 0.200. The number of hydrogen-bond donors (Lipinski definition) is 0. The average Bonchev–Trinajstić information content (AvgIpc) is 3.26. The maximum atomic E-state index is 14.0. The first-order valence-electron chi connectivity index (χ1n) is 12.0. The van der Waals surface area contributed by atoms with E-state index in [0.717, 1.165) is 42.0 Å². The van der Waals surface area contributed by atoms with Crippen LogP contribution in [0, 0.1) is 6.92 Å². The predicted octanol–water partition coefficient (Wildman–Crippen LogP) is 4.98. The number of nitrogens with zero attached hydrogens (tertiary/aromatic N) is 3. The van der Waals surface area contributed by atoms with Gasteiger partial charge in [-0.1, -0.05) is 78.9 Å². The van der Waals surface area contributed by atoms with Gasteiger partial charge in [0, 0.05) is 37.6 Å². The van der Waals surface area contributed by atoms with Crippen molar-refractivity contribution in [3.05, 3.63) is 114 Å². The van der Waals surface area contributed by atoms with Crippen molar-refractivity contribution in [1.82, 2.24) is 14.4 Å². The number of carbonyl (C=O) groups excluding carboxylic acids is 2. The summed E-state index contributed by atoms with van der Waals surface area (Å²) in [6, 6.07) is 31.8. The number of benzene rings is 3. The first-order valence-corrected chi connectivity index (χ1v) is 12.0. The highest BCUT2D eigenvalue weighted by molar-refractivity contribution is 6.02. The SMILES string of the molecule is Cc1cc(C(=O)N2CCN(Cc3ccccc3)CC2C=O)c(-c2ccccc2)n1-c1ccccc1. The standard InChI is InChI=1S/C30H29N3O2/c1-23-19-28(29(25-13-7-3-8-14-25)33(23)26-15-9-4-10-16-26)30(35)32-18-17-31(21-27(32)22-34)20-24-11-5-2-6-12-24/h2-16,19,22,27H,17-18,20-21H2,1H3. The van der Waals surface area contributed by atoms with Crippen LogP contribution in [0.15, 0.2) is 97.1 Å². The van der Waals surface area contributed by atoms with Gasteiger partial charge >= 0.3 is 0 Å². The molecule has 1 atom stereocenters. The summed E-state index contributed by atoms with van der Waals surface area (Å²) in [7, 11) is 0. The van der Waals surface area contributed by atoms with Crippen LogP contribution < -0.4 is 0 Å². The van der Waals surface area contributed by atoms with E-state index in [0.29, 0.717) is 18.7 Å². The van der Waals surface area contributed by atoms with E-state index in [-0.39, 0.29) is 5.91 Å². The fourth-order valence-corrected chi connectivity index (χ4v) is 4.97. The highest BCUT2D eigenvalue weighted by Crippen LogP contribution is 2.32. The van der Waals surface area contributed by atoms with Crippen LogP contribution in [-0.2, 0) is 11.3 Å². The Labute approximate surface area is 206 Å². The molecule has 5 heteroatoms. The van der Waals surface area contributed by atoms with Crippen molar-refractivity contribution < 1.29 is 9.59 Å². The van der Waals surface area contributed by atoms with Crippen LogP contribution >= 0.6 is 0 Å². The minimum Gasteiger partial charge on any atom is -0.326 e. The van der Waals surface area contributed by atoms with Gasteiger partial charge in [-0.15, -0.1) is 0 Å². The number of aldehydes is 1. The van der Waals surface area contributed by atoms with Crippen molar-refractivity contribution in [2.75, 3.05) is 19.6 Å². The molecule has 1 fully saturated rings. The molecule has 0 spiro atoms. The number of piperazine rings is 1. The van der Waals surface area contributed by atoms with Crippen LogP contribution in [0.1, 0.15) is 21.6 Å². The van der Waals surface area contributed by atoms with E-state index in [1.54, 1.807) is 4.90 Å². The number of amides is 1. The Balaban J connectivity index is 1.48. The van der Waals surface area contributed by atoms with Gasteiger partial charge in [0.2, 0.25) is 0 Å². The third-order valence-corrected chi connectivity index (χ3v) is 6.65. The predicted molar refractivity (Wildman–Crippen MR) is 139 cm³/mol. The maximum absolute atomic E-state index is 14.0. The van der Waals surface area contributed by atoms with Gasteiger partial charge in [0.15, 0.2) is 0 Å². The van der Waals surface area contributed by atoms with E-state index < -0.39 is 6.04 Å². The van der Waals surface area contributed by atoms with Crippen LogP contribution in [-0.4, -0.2) is 52.2 Å². The van der Waals surface area contributed by atoms with E-state index in [4.69, 9.17) is 0 Å². The van der Waals surface area contributed by atoms with Gasteiger partial charge in [0.25, 0.3) is 5.91 Å². The van der Waals surface area contributed by atoms with Crippen molar-refractivity contribution in [3.63, 3.8) is 0 Å². The zero-order chi connectivity index (χ0) is 24.2. The van der Waals surface area contributed by atoms with Crippen LogP contribution in [0.2, 0.25) is 0 Å². The molecule has 2 heterocycles. The topological polar surface area (TPSA) is 45.6 Å². The zero-order valence-corrected chi connectivity index (χ0v) is 19.9. The molecule has 0 N–H and O–H groups in total. The van der Waals surface area contributed by atoms with Crippen LogP contribution in [0.25, 0.3) is 16.9 Å². The lowest BCUT2D eigenvalue weighted by molar-refractivity contribution is -0.113. The average molecular weight is 464 g/mol. The van der Waals surface area contributed by atoms with Gasteiger partial charge in [-0.05, 0) is 36.2 Å². The summed E-state index contributed by atoms with van der Waals surface area (Å²) >= 11 is 0. The Morgan fingerprint density at radius 1 is 0.886 bits per heavy atom. The Bertz CT molecular complexity index is 1300. The van der Waals surface area contributed by atoms with E-state index in [2.05, 4.69) is 21.6 Å². The lowest BCUT2D eigenvalue weighted by atomic mass is 10.0. The molecule has 0 aliphatic carbocycles. The summed E-state index contributed by atoms with van der Waals surface area (Å²) in [5, 5.41) is 0. The van der Waals surface area contributed by atoms with Crippen LogP contribution in [0.5, 0.6) is 0 Å². The number of carbonyl (C=O) groups is 2. The van der Waals surface area contributed by atoms with E-state index in [1.165, 1.54) is 5.56 Å². The minimum atomic E-state index is -0.482. The number of aryl methyl sites for hydroxylation is 1. The Morgan fingerprint density at radius 3 is 2.17 bits per heavy atom. The van der Waals surface area contributed by atoms with Gasteiger partial charge in [0.05, 0.1) is 11.3 Å². The largest absolute Gasteiger partial charge is 0.326 e. The molecule has 1 aliphatic rings. The Hall–Kier alpha value is -3.96. The second kappa shape index (κ2) is 10.1. The lowest BCUT2D eigenvalue weighted by Crippen LogP contribution is -2.55. The third-order valence-electron chi connectivity index (χ3n) is 6.65. The summed E-state index contributed by atoms with van der Waals surface area (Å²) in [6.45, 7) is 4.56. The van der Waals surface area contributed by atoms with Gasteiger partial charge in [-0.25, -0.2) is 0 Å². The van der Waals surface area contributed by atoms with Gasteiger partial charge in [-0.2, -0.15) is 0 Å². The van der Waals surface area contributed by atoms with Crippen molar-refractivity contribution in [2.24, 2.45) is 0 Å². The number of hydrogen-bond acceptors (Lipinski definition) is 3. The monoisotopic (exact) mass is 463 g/mol. The Morgan fingerprint density at radius 2 is 1.51 bits per heavy atom. The molecule has 35 heavy (non-hydrogen) atoms. The third kappa shape index (κ3) is 4.68. The molecule has 4 aromatic rings. The molecule has 5 rings (SSSR count).